The van der Waals surface area contributed by atoms with Gasteiger partial charge in [0.1, 0.15) is 10.6 Å². The quantitative estimate of drug-likeness (QED) is 0.203. The van der Waals surface area contributed by atoms with E-state index in [-0.39, 0.29) is 11.7 Å². The summed E-state index contributed by atoms with van der Waals surface area (Å²) in [6.45, 7) is 10.6. The molecule has 43 heavy (non-hydrogen) atoms. The Morgan fingerprint density at radius 1 is 0.977 bits per heavy atom. The highest BCUT2D eigenvalue weighted by molar-refractivity contribution is 7.99. The lowest BCUT2D eigenvalue weighted by molar-refractivity contribution is -0.128. The van der Waals surface area contributed by atoms with Crippen molar-refractivity contribution in [3.05, 3.63) is 57.5 Å². The standard InChI is InChI=1S/C37H46N2O2S2/c1-22-16-23(2)18-27(17-22)34-33(30(40)19-24-6-5-13-39(14-11-24)28-12-15-42-21-28)29-20-31(43-36(29)38-34)37(3,4)35(41)32-25-7-8-26(32)10-9-25/h6,16-18,20,25-26,28,32,38H,5,7-15,19,21H2,1-4H3. The fraction of sp³-hybridized carbons (Fsp3) is 0.568. The van der Waals surface area contributed by atoms with Crippen LogP contribution in [0.1, 0.15) is 91.6 Å². The minimum Gasteiger partial charge on any atom is -0.346 e. The van der Waals surface area contributed by atoms with Crippen molar-refractivity contribution in [1.29, 1.82) is 0 Å². The number of thiophene rings is 1. The smallest absolute Gasteiger partial charge is 0.169 e. The molecule has 0 radical (unpaired) electrons. The number of thioether (sulfide) groups is 1. The number of aromatic amines is 1. The fourth-order valence-corrected chi connectivity index (χ4v) is 11.1. The van der Waals surface area contributed by atoms with Crippen molar-refractivity contribution in [2.45, 2.75) is 90.5 Å². The van der Waals surface area contributed by atoms with E-state index in [1.165, 1.54) is 60.3 Å². The maximum absolute atomic E-state index is 14.4. The van der Waals surface area contributed by atoms with Crippen molar-refractivity contribution >= 4 is 44.9 Å². The van der Waals surface area contributed by atoms with Gasteiger partial charge in [-0.05, 0) is 114 Å². The molecule has 4 heterocycles. The zero-order valence-corrected chi connectivity index (χ0v) is 27.9. The van der Waals surface area contributed by atoms with E-state index in [0.29, 0.717) is 30.1 Å². The summed E-state index contributed by atoms with van der Waals surface area (Å²) in [6.07, 6.45) is 11.0. The van der Waals surface area contributed by atoms with Crippen LogP contribution in [-0.4, -0.2) is 52.1 Å². The normalized spacial score (nSPS) is 26.3. The largest absolute Gasteiger partial charge is 0.346 e. The summed E-state index contributed by atoms with van der Waals surface area (Å²) in [5.41, 5.74) is 5.93. The molecule has 4 aliphatic rings. The third kappa shape index (κ3) is 5.50. The van der Waals surface area contributed by atoms with Crippen LogP contribution in [0.3, 0.4) is 0 Å². The first-order valence-corrected chi connectivity index (χ1v) is 18.5. The number of aromatic nitrogens is 1. The molecular weight excluding hydrogens is 569 g/mol. The number of H-pyrrole nitrogens is 1. The Hall–Kier alpha value is -2.15. The number of hydrogen-bond acceptors (Lipinski definition) is 5. The Balaban J connectivity index is 1.21. The molecule has 3 aromatic rings. The summed E-state index contributed by atoms with van der Waals surface area (Å²) in [6, 6.07) is 9.44. The molecule has 3 fully saturated rings. The molecule has 2 aliphatic carbocycles. The van der Waals surface area contributed by atoms with Gasteiger partial charge in [-0.3, -0.25) is 14.5 Å². The molecule has 1 unspecified atom stereocenters. The zero-order chi connectivity index (χ0) is 29.9. The molecule has 2 aromatic heterocycles. The molecule has 1 saturated heterocycles. The van der Waals surface area contributed by atoms with Crippen LogP contribution in [0.2, 0.25) is 0 Å². The predicted molar refractivity (Wildman–Crippen MR) is 182 cm³/mol. The zero-order valence-electron chi connectivity index (χ0n) is 26.3. The van der Waals surface area contributed by atoms with Crippen LogP contribution in [0.15, 0.2) is 35.9 Å². The molecule has 0 spiro atoms. The third-order valence-electron chi connectivity index (χ3n) is 11.0. The van der Waals surface area contributed by atoms with E-state index in [1.807, 2.05) is 0 Å². The molecule has 4 nitrogen and oxygen atoms in total. The van der Waals surface area contributed by atoms with Crippen LogP contribution in [0.5, 0.6) is 0 Å². The van der Waals surface area contributed by atoms with E-state index >= 15 is 0 Å². The molecule has 1 aromatic carbocycles. The van der Waals surface area contributed by atoms with Gasteiger partial charge in [0.15, 0.2) is 5.78 Å². The number of hydrogen-bond donors (Lipinski definition) is 1. The lowest BCUT2D eigenvalue weighted by atomic mass is 9.76. The van der Waals surface area contributed by atoms with Crippen LogP contribution in [0.25, 0.3) is 21.5 Å². The lowest BCUT2D eigenvalue weighted by Gasteiger charge is -2.27. The van der Waals surface area contributed by atoms with Gasteiger partial charge in [-0.25, -0.2) is 0 Å². The van der Waals surface area contributed by atoms with Gasteiger partial charge in [-0.15, -0.1) is 11.3 Å². The topological polar surface area (TPSA) is 53.2 Å². The molecule has 1 N–H and O–H groups in total. The average Bonchev–Trinajstić information content (AvgIpc) is 3.79. The summed E-state index contributed by atoms with van der Waals surface area (Å²) in [4.78, 5) is 36.9. The van der Waals surface area contributed by atoms with Crippen LogP contribution in [0.4, 0.5) is 0 Å². The van der Waals surface area contributed by atoms with Crippen molar-refractivity contribution in [2.24, 2.45) is 17.8 Å². The number of nitrogens with zero attached hydrogens (tertiary/aromatic N) is 1. The number of rotatable bonds is 8. The van der Waals surface area contributed by atoms with Crippen LogP contribution < -0.4 is 0 Å². The average molecular weight is 615 g/mol. The highest BCUT2D eigenvalue weighted by atomic mass is 32.2. The van der Waals surface area contributed by atoms with Crippen molar-refractivity contribution < 1.29 is 9.59 Å². The number of carbonyl (C=O) groups excluding carboxylic acids is 2. The van der Waals surface area contributed by atoms with Gasteiger partial charge in [0.2, 0.25) is 0 Å². The Labute approximate surface area is 265 Å². The summed E-state index contributed by atoms with van der Waals surface area (Å²) < 4.78 is 0. The first-order valence-electron chi connectivity index (χ1n) is 16.5. The van der Waals surface area contributed by atoms with Gasteiger partial charge in [0.25, 0.3) is 0 Å². The van der Waals surface area contributed by atoms with Crippen molar-refractivity contribution in [3.63, 3.8) is 0 Å². The first kappa shape index (κ1) is 29.6. The Morgan fingerprint density at radius 2 is 1.70 bits per heavy atom. The van der Waals surface area contributed by atoms with Crippen LogP contribution >= 0.6 is 23.1 Å². The van der Waals surface area contributed by atoms with E-state index < -0.39 is 5.41 Å². The van der Waals surface area contributed by atoms with Gasteiger partial charge in [0, 0.05) is 47.5 Å². The predicted octanol–water partition coefficient (Wildman–Crippen LogP) is 8.90. The number of benzene rings is 1. The number of ketones is 2. The van der Waals surface area contributed by atoms with Crippen LogP contribution in [-0.2, 0) is 10.2 Å². The van der Waals surface area contributed by atoms with E-state index in [2.05, 4.69) is 79.7 Å². The molecular formula is C37H46N2O2S2. The van der Waals surface area contributed by atoms with Gasteiger partial charge in [0.05, 0.1) is 16.7 Å². The van der Waals surface area contributed by atoms with Gasteiger partial charge in [-0.1, -0.05) is 28.8 Å². The Bertz CT molecular complexity index is 1550. The number of nitrogens with one attached hydrogen (secondary N) is 1. The fourth-order valence-electron chi connectivity index (χ4n) is 8.69. The number of aryl methyl sites for hydroxylation is 2. The minimum absolute atomic E-state index is 0.193. The molecule has 2 aliphatic heterocycles. The maximum Gasteiger partial charge on any atom is 0.169 e. The molecule has 1 atom stereocenters. The second-order valence-electron chi connectivity index (χ2n) is 14.3. The Morgan fingerprint density at radius 3 is 2.37 bits per heavy atom. The number of Topliss-reactive ketones (excluding diaryl/α,β-unsaturated/α-hetero) is 2. The number of carbonyl (C=O) groups is 2. The lowest BCUT2D eigenvalue weighted by Crippen LogP contribution is -2.36. The minimum atomic E-state index is -0.549. The molecule has 2 saturated carbocycles. The van der Waals surface area contributed by atoms with E-state index in [1.54, 1.807) is 11.3 Å². The molecule has 2 bridgehead atoms. The Kier molecular flexibility index (Phi) is 8.01. The maximum atomic E-state index is 14.4. The SMILES string of the molecule is Cc1cc(C)cc(-c2[nH]c3sc(C(C)(C)C(=O)C4C5CCC4CC5)cc3c2C(=O)CC2=CCCN(C3CCSC3)CC2)c1. The van der Waals surface area contributed by atoms with Gasteiger partial charge in [-0.2, -0.15) is 11.8 Å². The highest BCUT2D eigenvalue weighted by Crippen LogP contribution is 2.53. The highest BCUT2D eigenvalue weighted by Gasteiger charge is 2.50. The third-order valence-corrected chi connectivity index (χ3v) is 13.5. The van der Waals surface area contributed by atoms with Crippen molar-refractivity contribution in [3.8, 4) is 11.3 Å². The van der Waals surface area contributed by atoms with Crippen LogP contribution in [0, 0.1) is 31.6 Å². The summed E-state index contributed by atoms with van der Waals surface area (Å²) >= 11 is 3.76. The van der Waals surface area contributed by atoms with Gasteiger partial charge >= 0.3 is 0 Å². The second kappa shape index (κ2) is 11.7. The van der Waals surface area contributed by atoms with Crippen molar-refractivity contribution in [1.82, 2.24) is 9.88 Å². The summed E-state index contributed by atoms with van der Waals surface area (Å²) in [5, 5.41) is 0.994. The first-order chi connectivity index (χ1) is 20.7. The van der Waals surface area contributed by atoms with E-state index in [9.17, 15) is 9.59 Å². The number of fused-ring (bicyclic) bond motifs is 3. The van der Waals surface area contributed by atoms with Crippen molar-refractivity contribution in [2.75, 3.05) is 24.6 Å². The molecule has 6 heteroatoms. The molecule has 228 valence electrons. The molecule has 7 rings (SSSR count). The van der Waals surface area contributed by atoms with E-state index in [0.717, 1.165) is 57.8 Å². The summed E-state index contributed by atoms with van der Waals surface area (Å²) in [7, 11) is 0. The monoisotopic (exact) mass is 614 g/mol. The van der Waals surface area contributed by atoms with Gasteiger partial charge < -0.3 is 4.98 Å². The molecule has 0 amide bonds. The summed E-state index contributed by atoms with van der Waals surface area (Å²) in [5.74, 6) is 4.49. The second-order valence-corrected chi connectivity index (χ2v) is 16.6. The van der Waals surface area contributed by atoms with E-state index in [4.69, 9.17) is 0 Å².